The Bertz CT molecular complexity index is 1340. The fourth-order valence-electron chi connectivity index (χ4n) is 3.30. The van der Waals surface area contributed by atoms with E-state index >= 15 is 0 Å². The molecule has 7 heteroatoms. The van der Waals surface area contributed by atoms with Crippen LogP contribution in [0.2, 0.25) is 0 Å². The van der Waals surface area contributed by atoms with Crippen molar-refractivity contribution >= 4 is 22.0 Å². The summed E-state index contributed by atoms with van der Waals surface area (Å²) in [6.07, 6.45) is 1.89. The van der Waals surface area contributed by atoms with Gasteiger partial charge in [0, 0.05) is 28.9 Å². The van der Waals surface area contributed by atoms with E-state index in [1.807, 2.05) is 56.4 Å². The lowest BCUT2D eigenvalue weighted by Gasteiger charge is -2.04. The summed E-state index contributed by atoms with van der Waals surface area (Å²) >= 11 is 0. The maximum atomic E-state index is 12.0. The Hall–Kier alpha value is -3.61. The molecule has 1 N–H and O–H groups in total. The van der Waals surface area contributed by atoms with Gasteiger partial charge in [-0.1, -0.05) is 11.2 Å². The fourth-order valence-corrected chi connectivity index (χ4v) is 3.30. The first-order valence-electron chi connectivity index (χ1n) is 8.67. The molecule has 0 bridgehead atoms. The van der Waals surface area contributed by atoms with Gasteiger partial charge in [0.25, 0.3) is 5.89 Å². The van der Waals surface area contributed by atoms with Crippen LogP contribution in [-0.4, -0.2) is 19.7 Å². The van der Waals surface area contributed by atoms with Crippen LogP contribution in [-0.2, 0) is 0 Å². The van der Waals surface area contributed by atoms with Gasteiger partial charge in [-0.05, 0) is 55.6 Å². The molecule has 0 aliphatic heterocycles. The van der Waals surface area contributed by atoms with Gasteiger partial charge in [0.1, 0.15) is 0 Å². The monoisotopic (exact) mass is 360 g/mol. The van der Waals surface area contributed by atoms with Gasteiger partial charge in [0.2, 0.25) is 5.82 Å². The minimum atomic E-state index is -0.370. The fraction of sp³-hybridized carbons (Fsp3) is 0.150. The van der Waals surface area contributed by atoms with Gasteiger partial charge in [0.05, 0.1) is 5.52 Å². The number of aromatic nitrogens is 4. The van der Waals surface area contributed by atoms with Crippen LogP contribution in [0.1, 0.15) is 19.9 Å². The quantitative estimate of drug-likeness (QED) is 0.516. The van der Waals surface area contributed by atoms with E-state index in [-0.39, 0.29) is 11.8 Å². The first-order chi connectivity index (χ1) is 13.1. The Balaban J connectivity index is 1.56. The number of nitrogens with one attached hydrogen (secondary N) is 1. The number of nitrogens with zero attached hydrogens (tertiary/aromatic N) is 3. The van der Waals surface area contributed by atoms with Crippen LogP contribution >= 0.6 is 0 Å². The van der Waals surface area contributed by atoms with Crippen LogP contribution in [0.15, 0.2) is 62.4 Å². The lowest BCUT2D eigenvalue weighted by Crippen LogP contribution is -2.15. The van der Waals surface area contributed by atoms with Crippen molar-refractivity contribution in [2.75, 3.05) is 0 Å². The minimum Gasteiger partial charge on any atom is -0.408 e. The third-order valence-electron chi connectivity index (χ3n) is 4.62. The minimum absolute atomic E-state index is 0.0179. The molecule has 0 aliphatic carbocycles. The summed E-state index contributed by atoms with van der Waals surface area (Å²) in [7, 11) is 0. The smallest absolute Gasteiger partial charge is 0.408 e. The van der Waals surface area contributed by atoms with Gasteiger partial charge in [-0.2, -0.15) is 4.98 Å². The highest BCUT2D eigenvalue weighted by Gasteiger charge is 2.16. The van der Waals surface area contributed by atoms with Crippen molar-refractivity contribution in [3.63, 3.8) is 0 Å². The molecule has 3 heterocycles. The van der Waals surface area contributed by atoms with Crippen molar-refractivity contribution in [1.29, 1.82) is 0 Å². The largest absolute Gasteiger partial charge is 0.420 e. The van der Waals surface area contributed by atoms with E-state index in [9.17, 15) is 4.79 Å². The average molecular weight is 360 g/mol. The number of hydrogen-bond donors (Lipinski definition) is 1. The molecule has 5 aromatic rings. The second-order valence-corrected chi connectivity index (χ2v) is 6.72. The molecule has 0 atom stereocenters. The van der Waals surface area contributed by atoms with E-state index in [2.05, 4.69) is 15.1 Å². The molecule has 2 aromatic carbocycles. The van der Waals surface area contributed by atoms with E-state index in [1.165, 1.54) is 0 Å². The second kappa shape index (κ2) is 5.70. The molecule has 0 aliphatic rings. The predicted octanol–water partition coefficient (Wildman–Crippen LogP) is 4.37. The third kappa shape index (κ3) is 2.47. The highest BCUT2D eigenvalue weighted by molar-refractivity contribution is 5.84. The number of fused-ring (bicyclic) bond motifs is 2. The Morgan fingerprint density at radius 1 is 1.07 bits per heavy atom. The van der Waals surface area contributed by atoms with Crippen molar-refractivity contribution in [3.05, 3.63) is 59.2 Å². The summed E-state index contributed by atoms with van der Waals surface area (Å²) in [6.45, 7) is 3.88. The van der Waals surface area contributed by atoms with E-state index in [1.54, 1.807) is 10.6 Å². The van der Waals surface area contributed by atoms with E-state index in [4.69, 9.17) is 8.94 Å². The van der Waals surface area contributed by atoms with Crippen LogP contribution in [0.3, 0.4) is 0 Å². The summed E-state index contributed by atoms with van der Waals surface area (Å²) in [4.78, 5) is 19.7. The Kier molecular flexibility index (Phi) is 3.30. The van der Waals surface area contributed by atoms with Crippen LogP contribution in [0, 0.1) is 0 Å². The zero-order valence-electron chi connectivity index (χ0n) is 14.8. The number of H-pyrrole nitrogens is 1. The van der Waals surface area contributed by atoms with Gasteiger partial charge in [-0.15, -0.1) is 0 Å². The first-order valence-corrected chi connectivity index (χ1v) is 8.67. The summed E-state index contributed by atoms with van der Waals surface area (Å²) in [6, 6.07) is 13.4. The lowest BCUT2D eigenvalue weighted by molar-refractivity contribution is 0.432. The maximum Gasteiger partial charge on any atom is 0.420 e. The average Bonchev–Trinajstić information content (AvgIpc) is 3.37. The van der Waals surface area contributed by atoms with Gasteiger partial charge in [-0.3, -0.25) is 4.57 Å². The molecule has 27 heavy (non-hydrogen) atoms. The summed E-state index contributed by atoms with van der Waals surface area (Å²) < 4.78 is 12.4. The molecular weight excluding hydrogens is 344 g/mol. The van der Waals surface area contributed by atoms with Crippen molar-refractivity contribution in [2.24, 2.45) is 0 Å². The second-order valence-electron chi connectivity index (χ2n) is 6.72. The predicted molar refractivity (Wildman–Crippen MR) is 101 cm³/mol. The number of aromatic amines is 1. The molecule has 0 unspecified atom stereocenters. The zero-order chi connectivity index (χ0) is 18.5. The summed E-state index contributed by atoms with van der Waals surface area (Å²) in [5, 5.41) is 5.20. The summed E-state index contributed by atoms with van der Waals surface area (Å²) in [5.41, 5.74) is 3.82. The Labute approximate surface area is 153 Å². The van der Waals surface area contributed by atoms with Crippen molar-refractivity contribution in [3.8, 4) is 22.8 Å². The molecule has 0 saturated carbocycles. The molecule has 0 radical (unpaired) electrons. The normalized spacial score (nSPS) is 11.8. The van der Waals surface area contributed by atoms with Crippen LogP contribution in [0.5, 0.6) is 0 Å². The Morgan fingerprint density at radius 2 is 1.93 bits per heavy atom. The van der Waals surface area contributed by atoms with Gasteiger partial charge in [-0.25, -0.2) is 4.79 Å². The maximum absolute atomic E-state index is 12.0. The standard InChI is InChI=1S/C20H16N4O3/c1-11(2)24-16-6-5-13(10-17(16)26-20(24)25)18-22-19(27-23-18)14-4-3-12-7-8-21-15(12)9-14/h3-11,21H,1-2H3. The van der Waals surface area contributed by atoms with Crippen molar-refractivity contribution in [2.45, 2.75) is 19.9 Å². The first kappa shape index (κ1) is 15.6. The SMILES string of the molecule is CC(C)n1c(=O)oc2cc(-c3noc(-c4ccc5cc[nH]c5c4)n3)ccc21. The highest BCUT2D eigenvalue weighted by atomic mass is 16.5. The number of hydrogen-bond acceptors (Lipinski definition) is 5. The highest BCUT2D eigenvalue weighted by Crippen LogP contribution is 2.27. The molecule has 0 spiro atoms. The molecule has 3 aromatic heterocycles. The lowest BCUT2D eigenvalue weighted by atomic mass is 10.1. The molecule has 7 nitrogen and oxygen atoms in total. The molecule has 134 valence electrons. The molecule has 0 saturated heterocycles. The summed E-state index contributed by atoms with van der Waals surface area (Å²) in [5.74, 6) is 0.506. The molecule has 0 fully saturated rings. The van der Waals surface area contributed by atoms with E-state index < -0.39 is 0 Å². The number of oxazole rings is 1. The number of rotatable bonds is 3. The van der Waals surface area contributed by atoms with Gasteiger partial charge < -0.3 is 13.9 Å². The third-order valence-corrected chi connectivity index (χ3v) is 4.62. The topological polar surface area (TPSA) is 89.9 Å². The molecule has 5 rings (SSSR count). The van der Waals surface area contributed by atoms with Crippen LogP contribution in [0.4, 0.5) is 0 Å². The molecule has 0 amide bonds. The van der Waals surface area contributed by atoms with E-state index in [0.29, 0.717) is 17.3 Å². The molecular formula is C20H16N4O3. The van der Waals surface area contributed by atoms with Gasteiger partial charge >= 0.3 is 5.76 Å². The van der Waals surface area contributed by atoms with Crippen molar-refractivity contribution < 1.29 is 8.94 Å². The van der Waals surface area contributed by atoms with Crippen LogP contribution < -0.4 is 5.76 Å². The van der Waals surface area contributed by atoms with E-state index in [0.717, 1.165) is 27.5 Å². The zero-order valence-corrected chi connectivity index (χ0v) is 14.8. The van der Waals surface area contributed by atoms with Crippen molar-refractivity contribution in [1.82, 2.24) is 19.7 Å². The van der Waals surface area contributed by atoms with Crippen LogP contribution in [0.25, 0.3) is 44.8 Å². The Morgan fingerprint density at radius 3 is 2.78 bits per heavy atom. The van der Waals surface area contributed by atoms with Gasteiger partial charge in [0.15, 0.2) is 5.58 Å². The number of benzene rings is 2.